The van der Waals surface area contributed by atoms with Crippen molar-refractivity contribution in [1.29, 1.82) is 0 Å². The molecule has 0 aliphatic heterocycles. The Morgan fingerprint density at radius 2 is 1.66 bits per heavy atom. The molecule has 2 aromatic carbocycles. The monoisotopic (exact) mass is 511 g/mol. The number of carbonyl (C=O) groups is 2. The van der Waals surface area contributed by atoms with Crippen LogP contribution in [0.2, 0.25) is 0 Å². The normalized spacial score (nSPS) is 14.9. The number of hydrogen-bond acceptors (Lipinski definition) is 4. The minimum atomic E-state index is -4.55. The Hall–Kier alpha value is -3.08. The summed E-state index contributed by atoms with van der Waals surface area (Å²) in [6, 6.07) is 8.17. The lowest BCUT2D eigenvalue weighted by Gasteiger charge is -2.22. The van der Waals surface area contributed by atoms with Crippen LogP contribution in [0.5, 0.6) is 0 Å². The van der Waals surface area contributed by atoms with E-state index in [1.807, 2.05) is 4.72 Å². The van der Waals surface area contributed by atoms with Gasteiger partial charge in [-0.15, -0.1) is 0 Å². The number of carbonyl (C=O) groups excluding carboxylic acids is 2. The Morgan fingerprint density at radius 1 is 1.00 bits per heavy atom. The molecule has 3 N–H and O–H groups in total. The SMILES string of the molecule is Cc1cc(C(=O)NCCc2ccc(S(=O)(=O)NC(=O)NC3CCCCC3)cc2)cc(C(F)(F)F)c1. The number of rotatable bonds is 7. The molecule has 3 amide bonds. The van der Waals surface area contributed by atoms with E-state index in [-0.39, 0.29) is 23.0 Å². The predicted molar refractivity (Wildman–Crippen MR) is 124 cm³/mol. The van der Waals surface area contributed by atoms with Crippen molar-refractivity contribution >= 4 is 22.0 Å². The fraction of sp³-hybridized carbons (Fsp3) is 0.417. The van der Waals surface area contributed by atoms with Gasteiger partial charge < -0.3 is 10.6 Å². The number of halogens is 3. The summed E-state index contributed by atoms with van der Waals surface area (Å²) >= 11 is 0. The summed E-state index contributed by atoms with van der Waals surface area (Å²) in [5, 5.41) is 5.26. The third-order valence-electron chi connectivity index (χ3n) is 5.77. The summed E-state index contributed by atoms with van der Waals surface area (Å²) in [5.41, 5.74) is 0.0516. The van der Waals surface area contributed by atoms with E-state index in [2.05, 4.69) is 10.6 Å². The zero-order valence-electron chi connectivity index (χ0n) is 19.2. The summed E-state index contributed by atoms with van der Waals surface area (Å²) in [5.74, 6) is -0.633. The van der Waals surface area contributed by atoms with E-state index in [0.717, 1.165) is 44.2 Å². The first-order valence-corrected chi connectivity index (χ1v) is 12.8. The van der Waals surface area contributed by atoms with Gasteiger partial charge in [0.2, 0.25) is 0 Å². The number of amides is 3. The van der Waals surface area contributed by atoms with Crippen LogP contribution in [0.15, 0.2) is 47.4 Å². The number of alkyl halides is 3. The van der Waals surface area contributed by atoms with Crippen LogP contribution in [0.1, 0.15) is 59.2 Å². The second-order valence-corrected chi connectivity index (χ2v) is 10.3. The van der Waals surface area contributed by atoms with Gasteiger partial charge in [-0.05, 0) is 67.6 Å². The summed E-state index contributed by atoms with van der Waals surface area (Å²) in [6.45, 7) is 1.62. The predicted octanol–water partition coefficient (Wildman–Crippen LogP) is 4.31. The molecule has 0 heterocycles. The zero-order chi connectivity index (χ0) is 25.6. The maximum atomic E-state index is 13.0. The molecule has 0 saturated heterocycles. The highest BCUT2D eigenvalue weighted by molar-refractivity contribution is 7.90. The van der Waals surface area contributed by atoms with Gasteiger partial charge in [-0.2, -0.15) is 13.2 Å². The average molecular weight is 512 g/mol. The van der Waals surface area contributed by atoms with Gasteiger partial charge in [0.15, 0.2) is 0 Å². The Labute approximate surface area is 202 Å². The van der Waals surface area contributed by atoms with Crippen molar-refractivity contribution in [2.75, 3.05) is 6.54 Å². The van der Waals surface area contributed by atoms with E-state index in [9.17, 15) is 31.2 Å². The summed E-state index contributed by atoms with van der Waals surface area (Å²) in [7, 11) is -4.04. The number of urea groups is 1. The molecule has 1 aliphatic rings. The van der Waals surface area contributed by atoms with Crippen molar-refractivity contribution in [1.82, 2.24) is 15.4 Å². The molecule has 0 spiro atoms. The molecule has 0 unspecified atom stereocenters. The second kappa shape index (κ2) is 11.1. The molecule has 0 atom stereocenters. The molecule has 11 heteroatoms. The third-order valence-corrected chi connectivity index (χ3v) is 7.11. The molecule has 0 radical (unpaired) electrons. The topological polar surface area (TPSA) is 104 Å². The molecule has 2 aromatic rings. The Bertz CT molecular complexity index is 1160. The van der Waals surface area contributed by atoms with Crippen LogP contribution >= 0.6 is 0 Å². The van der Waals surface area contributed by atoms with Crippen molar-refractivity contribution in [3.8, 4) is 0 Å². The molecule has 1 aliphatic carbocycles. The highest BCUT2D eigenvalue weighted by Crippen LogP contribution is 2.30. The van der Waals surface area contributed by atoms with Crippen molar-refractivity contribution in [3.63, 3.8) is 0 Å². The molecule has 7 nitrogen and oxygen atoms in total. The van der Waals surface area contributed by atoms with Gasteiger partial charge in [0.05, 0.1) is 10.5 Å². The lowest BCUT2D eigenvalue weighted by molar-refractivity contribution is -0.137. The van der Waals surface area contributed by atoms with Crippen LogP contribution in [0.4, 0.5) is 18.0 Å². The first kappa shape index (κ1) is 26.5. The third kappa shape index (κ3) is 7.71. The Kier molecular flexibility index (Phi) is 8.42. The number of aryl methyl sites for hydroxylation is 1. The lowest BCUT2D eigenvalue weighted by atomic mass is 9.96. The standard InChI is InChI=1S/C24H28F3N3O4S/c1-16-13-18(15-19(14-16)24(25,26)27)22(31)28-12-11-17-7-9-21(10-8-17)35(33,34)30-23(32)29-20-5-3-2-4-6-20/h7-10,13-15,20H,2-6,11-12H2,1H3,(H,28,31)(H2,29,30,32). The van der Waals surface area contributed by atoms with Crippen molar-refractivity contribution < 1.29 is 31.2 Å². The first-order valence-electron chi connectivity index (χ1n) is 11.3. The van der Waals surface area contributed by atoms with Gasteiger partial charge in [-0.1, -0.05) is 31.4 Å². The highest BCUT2D eigenvalue weighted by Gasteiger charge is 2.31. The molecule has 0 aromatic heterocycles. The molecule has 0 bridgehead atoms. The van der Waals surface area contributed by atoms with E-state index in [1.54, 1.807) is 12.1 Å². The van der Waals surface area contributed by atoms with Gasteiger partial charge in [-0.25, -0.2) is 17.9 Å². The number of sulfonamides is 1. The quantitative estimate of drug-likeness (QED) is 0.515. The molecule has 1 saturated carbocycles. The van der Waals surface area contributed by atoms with E-state index < -0.39 is 33.7 Å². The van der Waals surface area contributed by atoms with Crippen LogP contribution in [0.3, 0.4) is 0 Å². The van der Waals surface area contributed by atoms with Gasteiger partial charge in [-0.3, -0.25) is 4.79 Å². The summed E-state index contributed by atoms with van der Waals surface area (Å²) < 4.78 is 65.9. The van der Waals surface area contributed by atoms with Crippen LogP contribution < -0.4 is 15.4 Å². The maximum Gasteiger partial charge on any atom is 0.416 e. The molecular formula is C24H28F3N3O4S. The second-order valence-electron chi connectivity index (χ2n) is 8.65. The van der Waals surface area contributed by atoms with E-state index in [4.69, 9.17) is 0 Å². The maximum absolute atomic E-state index is 13.0. The molecule has 190 valence electrons. The summed E-state index contributed by atoms with van der Waals surface area (Å²) in [4.78, 5) is 24.3. The van der Waals surface area contributed by atoms with Crippen molar-refractivity contribution in [2.24, 2.45) is 0 Å². The molecule has 35 heavy (non-hydrogen) atoms. The number of benzene rings is 2. The van der Waals surface area contributed by atoms with E-state index in [0.29, 0.717) is 17.5 Å². The number of nitrogens with one attached hydrogen (secondary N) is 3. The van der Waals surface area contributed by atoms with Gasteiger partial charge in [0.25, 0.3) is 15.9 Å². The van der Waals surface area contributed by atoms with E-state index in [1.165, 1.54) is 25.1 Å². The molecule has 3 rings (SSSR count). The average Bonchev–Trinajstić information content (AvgIpc) is 2.78. The molecular weight excluding hydrogens is 483 g/mol. The zero-order valence-corrected chi connectivity index (χ0v) is 20.1. The fourth-order valence-corrected chi connectivity index (χ4v) is 4.89. The van der Waals surface area contributed by atoms with Crippen LogP contribution in [-0.4, -0.2) is 32.9 Å². The van der Waals surface area contributed by atoms with Crippen LogP contribution in [-0.2, 0) is 22.6 Å². The van der Waals surface area contributed by atoms with Crippen molar-refractivity contribution in [2.45, 2.75) is 62.6 Å². The van der Waals surface area contributed by atoms with Crippen molar-refractivity contribution in [3.05, 3.63) is 64.7 Å². The summed E-state index contributed by atoms with van der Waals surface area (Å²) in [6.07, 6.45) is 0.545. The highest BCUT2D eigenvalue weighted by atomic mass is 32.2. The molecule has 1 fully saturated rings. The van der Waals surface area contributed by atoms with Crippen LogP contribution in [0, 0.1) is 6.92 Å². The van der Waals surface area contributed by atoms with E-state index >= 15 is 0 Å². The van der Waals surface area contributed by atoms with Gasteiger partial charge in [0.1, 0.15) is 0 Å². The largest absolute Gasteiger partial charge is 0.416 e. The van der Waals surface area contributed by atoms with Crippen LogP contribution in [0.25, 0.3) is 0 Å². The van der Waals surface area contributed by atoms with Gasteiger partial charge >= 0.3 is 12.2 Å². The van der Waals surface area contributed by atoms with Gasteiger partial charge in [0, 0.05) is 18.2 Å². The minimum absolute atomic E-state index is 0.0311. The Balaban J connectivity index is 1.52. The smallest absolute Gasteiger partial charge is 0.352 e. The lowest BCUT2D eigenvalue weighted by Crippen LogP contribution is -2.45. The Morgan fingerprint density at radius 3 is 2.29 bits per heavy atom. The first-order chi connectivity index (χ1) is 16.4. The minimum Gasteiger partial charge on any atom is -0.352 e. The number of hydrogen-bond donors (Lipinski definition) is 3. The fourth-order valence-electron chi connectivity index (χ4n) is 3.98.